The minimum Gasteiger partial charge on any atom is -0.386 e. The zero-order chi connectivity index (χ0) is 15.3. The van der Waals surface area contributed by atoms with Crippen molar-refractivity contribution < 1.29 is 8.42 Å². The number of hydrogen-bond donors (Lipinski definition) is 5. The third-order valence-electron chi connectivity index (χ3n) is 2.03. The Morgan fingerprint density at radius 2 is 2.15 bits per heavy atom. The monoisotopic (exact) mass is 337 g/mol. The van der Waals surface area contributed by atoms with Crippen LogP contribution >= 0.6 is 23.1 Å². The SMILES string of the molecule is N=C(N)C(CSCc1csc(N=C(N)N)n1)S(N)(=O)=O. The molecular weight excluding hydrogens is 322 g/mol. The molecule has 0 aliphatic heterocycles. The van der Waals surface area contributed by atoms with E-state index in [2.05, 4.69) is 9.98 Å². The summed E-state index contributed by atoms with van der Waals surface area (Å²) in [7, 11) is -3.87. The van der Waals surface area contributed by atoms with Crippen molar-refractivity contribution in [2.45, 2.75) is 11.0 Å². The van der Waals surface area contributed by atoms with Crippen LogP contribution in [0.3, 0.4) is 0 Å². The van der Waals surface area contributed by atoms with Gasteiger partial charge in [-0.25, -0.2) is 18.5 Å². The van der Waals surface area contributed by atoms with Gasteiger partial charge in [0.05, 0.1) is 5.69 Å². The fourth-order valence-electron chi connectivity index (χ4n) is 1.16. The van der Waals surface area contributed by atoms with Gasteiger partial charge in [0.1, 0.15) is 11.1 Å². The van der Waals surface area contributed by atoms with Crippen LogP contribution in [0.1, 0.15) is 5.69 Å². The maximum absolute atomic E-state index is 11.2. The molecule has 0 saturated carbocycles. The Balaban J connectivity index is 2.58. The van der Waals surface area contributed by atoms with E-state index in [1.54, 1.807) is 5.38 Å². The van der Waals surface area contributed by atoms with Gasteiger partial charge in [-0.1, -0.05) is 0 Å². The van der Waals surface area contributed by atoms with E-state index in [1.165, 1.54) is 23.1 Å². The fourth-order valence-corrected chi connectivity index (χ4v) is 4.24. The van der Waals surface area contributed by atoms with Gasteiger partial charge >= 0.3 is 0 Å². The number of thioether (sulfide) groups is 1. The summed E-state index contributed by atoms with van der Waals surface area (Å²) in [5.41, 5.74) is 16.4. The molecule has 1 rings (SSSR count). The number of rotatable bonds is 7. The highest BCUT2D eigenvalue weighted by Gasteiger charge is 2.24. The Morgan fingerprint density at radius 3 is 2.65 bits per heavy atom. The van der Waals surface area contributed by atoms with E-state index in [0.29, 0.717) is 16.6 Å². The first kappa shape index (κ1) is 16.7. The number of aliphatic imine (C=N–C) groups is 1. The molecule has 9 nitrogen and oxygen atoms in total. The molecule has 0 radical (unpaired) electrons. The molecule has 20 heavy (non-hydrogen) atoms. The van der Waals surface area contributed by atoms with E-state index >= 15 is 0 Å². The van der Waals surface area contributed by atoms with Gasteiger partial charge in [0, 0.05) is 16.9 Å². The molecule has 1 atom stereocenters. The van der Waals surface area contributed by atoms with Crippen LogP contribution in [0.5, 0.6) is 0 Å². The van der Waals surface area contributed by atoms with Crippen LogP contribution in [0, 0.1) is 5.41 Å². The summed E-state index contributed by atoms with van der Waals surface area (Å²) in [4.78, 5) is 7.93. The van der Waals surface area contributed by atoms with E-state index < -0.39 is 21.1 Å². The van der Waals surface area contributed by atoms with Crippen molar-refractivity contribution in [3.05, 3.63) is 11.1 Å². The molecule has 0 bridgehead atoms. The number of hydrogen-bond acceptors (Lipinski definition) is 7. The first-order chi connectivity index (χ1) is 9.20. The van der Waals surface area contributed by atoms with Crippen LogP contribution in [0.25, 0.3) is 0 Å². The summed E-state index contributed by atoms with van der Waals surface area (Å²) in [5.74, 6) is -0.0250. The first-order valence-corrected chi connectivity index (χ1v) is 8.82. The highest BCUT2D eigenvalue weighted by molar-refractivity contribution is 8.00. The summed E-state index contributed by atoms with van der Waals surface area (Å²) >= 11 is 2.52. The number of nitrogens with one attached hydrogen (secondary N) is 1. The van der Waals surface area contributed by atoms with Gasteiger partial charge in [-0.05, 0) is 0 Å². The summed E-state index contributed by atoms with van der Waals surface area (Å²) in [6, 6.07) is 0. The van der Waals surface area contributed by atoms with Crippen molar-refractivity contribution in [3.8, 4) is 0 Å². The Hall–Kier alpha value is -1.37. The molecule has 12 heteroatoms. The maximum Gasteiger partial charge on any atom is 0.220 e. The molecule has 1 unspecified atom stereocenters. The quantitative estimate of drug-likeness (QED) is 0.307. The van der Waals surface area contributed by atoms with Crippen LogP contribution in [0.2, 0.25) is 0 Å². The van der Waals surface area contributed by atoms with Crippen molar-refractivity contribution in [2.75, 3.05) is 5.75 Å². The lowest BCUT2D eigenvalue weighted by atomic mass is 10.4. The van der Waals surface area contributed by atoms with Gasteiger partial charge in [0.15, 0.2) is 5.96 Å². The van der Waals surface area contributed by atoms with Crippen molar-refractivity contribution in [1.82, 2.24) is 4.98 Å². The number of guanidine groups is 1. The van der Waals surface area contributed by atoms with Crippen molar-refractivity contribution in [1.29, 1.82) is 5.41 Å². The molecule has 1 aromatic heterocycles. The molecule has 0 fully saturated rings. The van der Waals surface area contributed by atoms with Crippen LogP contribution < -0.4 is 22.3 Å². The predicted molar refractivity (Wildman–Crippen MR) is 82.6 cm³/mol. The average molecular weight is 337 g/mol. The van der Waals surface area contributed by atoms with Crippen molar-refractivity contribution in [3.63, 3.8) is 0 Å². The molecule has 0 aliphatic rings. The number of thiazole rings is 1. The molecular formula is C8H15N7O2S3. The van der Waals surface area contributed by atoms with Gasteiger partial charge in [0.25, 0.3) is 0 Å². The van der Waals surface area contributed by atoms with E-state index in [-0.39, 0.29) is 11.7 Å². The number of nitrogens with zero attached hydrogens (tertiary/aromatic N) is 2. The van der Waals surface area contributed by atoms with Crippen molar-refractivity contribution >= 4 is 50.0 Å². The second-order valence-corrected chi connectivity index (χ2v) is 7.32. The standard InChI is InChI=1S/C8H15N7O2S3/c9-6(10)5(20(13,16)17)3-18-1-4-2-19-8(14-4)15-7(11)12/h2,5H,1,3H2,(H3,9,10)(H2,13,16,17)(H4,11,12,14,15). The molecule has 0 amide bonds. The van der Waals surface area contributed by atoms with Gasteiger partial charge in [-0.2, -0.15) is 16.8 Å². The number of primary sulfonamides is 1. The third-order valence-corrected chi connectivity index (χ3v) is 5.30. The maximum atomic E-state index is 11.2. The molecule has 1 aromatic rings. The Morgan fingerprint density at radius 1 is 1.50 bits per heavy atom. The minimum atomic E-state index is -3.87. The lowest BCUT2D eigenvalue weighted by Crippen LogP contribution is -2.41. The second-order valence-electron chi connectivity index (χ2n) is 3.71. The molecule has 0 spiro atoms. The first-order valence-electron chi connectivity index (χ1n) is 5.17. The lowest BCUT2D eigenvalue weighted by Gasteiger charge is -2.11. The van der Waals surface area contributed by atoms with E-state index in [0.717, 1.165) is 0 Å². The highest BCUT2D eigenvalue weighted by atomic mass is 32.2. The van der Waals surface area contributed by atoms with Crippen LogP contribution in [0.4, 0.5) is 5.13 Å². The van der Waals surface area contributed by atoms with Gasteiger partial charge in [-0.3, -0.25) is 5.41 Å². The zero-order valence-electron chi connectivity index (χ0n) is 10.3. The Kier molecular flexibility index (Phi) is 5.74. The largest absolute Gasteiger partial charge is 0.386 e. The number of sulfonamides is 1. The molecule has 0 saturated heterocycles. The number of aromatic nitrogens is 1. The lowest BCUT2D eigenvalue weighted by molar-refractivity contribution is 0.595. The zero-order valence-corrected chi connectivity index (χ0v) is 12.8. The van der Waals surface area contributed by atoms with Crippen LogP contribution in [0.15, 0.2) is 10.4 Å². The summed E-state index contributed by atoms with van der Waals surface area (Å²) < 4.78 is 22.5. The predicted octanol–water partition coefficient (Wildman–Crippen LogP) is -1.13. The molecule has 9 N–H and O–H groups in total. The van der Waals surface area contributed by atoms with E-state index in [9.17, 15) is 8.42 Å². The topological polar surface area (TPSA) is 187 Å². The Labute approximate surface area is 124 Å². The van der Waals surface area contributed by atoms with Crippen LogP contribution in [-0.4, -0.2) is 36.2 Å². The molecule has 112 valence electrons. The second kappa shape index (κ2) is 6.88. The summed E-state index contributed by atoms with van der Waals surface area (Å²) in [5, 5.41) is 13.2. The summed E-state index contributed by atoms with van der Waals surface area (Å²) in [6.45, 7) is 0. The molecule has 1 heterocycles. The molecule has 0 aliphatic carbocycles. The molecule has 0 aromatic carbocycles. The van der Waals surface area contributed by atoms with E-state index in [1.807, 2.05) is 0 Å². The fraction of sp³-hybridized carbons (Fsp3) is 0.375. The van der Waals surface area contributed by atoms with Gasteiger partial charge < -0.3 is 17.2 Å². The van der Waals surface area contributed by atoms with Crippen LogP contribution in [-0.2, 0) is 15.8 Å². The van der Waals surface area contributed by atoms with Crippen molar-refractivity contribution in [2.24, 2.45) is 27.3 Å². The Bertz CT molecular complexity index is 605. The number of amidine groups is 1. The van der Waals surface area contributed by atoms with Gasteiger partial charge in [-0.15, -0.1) is 11.3 Å². The normalized spacial score (nSPS) is 12.8. The number of nitrogens with two attached hydrogens (primary N) is 4. The van der Waals surface area contributed by atoms with Gasteiger partial charge in [0.2, 0.25) is 15.2 Å². The smallest absolute Gasteiger partial charge is 0.220 e. The highest BCUT2D eigenvalue weighted by Crippen LogP contribution is 2.22. The van der Waals surface area contributed by atoms with E-state index in [4.69, 9.17) is 27.7 Å². The third kappa shape index (κ3) is 5.32. The minimum absolute atomic E-state index is 0.0792. The summed E-state index contributed by atoms with van der Waals surface area (Å²) in [6.07, 6.45) is 0. The average Bonchev–Trinajstić information content (AvgIpc) is 2.68.